The lowest BCUT2D eigenvalue weighted by Crippen LogP contribution is -2.21. The van der Waals surface area contributed by atoms with Gasteiger partial charge in [0.1, 0.15) is 18.0 Å². The molecule has 0 radical (unpaired) electrons. The number of ether oxygens (including phenoxy) is 2. The van der Waals surface area contributed by atoms with Gasteiger partial charge in [-0.05, 0) is 43.3 Å². The lowest BCUT2D eigenvalue weighted by Gasteiger charge is -2.11. The van der Waals surface area contributed by atoms with Crippen molar-refractivity contribution >= 4 is 39.1 Å². The molecule has 0 saturated heterocycles. The molecule has 9 nitrogen and oxygen atoms in total. The highest BCUT2D eigenvalue weighted by molar-refractivity contribution is 9.10. The Kier molecular flexibility index (Phi) is 6.68. The summed E-state index contributed by atoms with van der Waals surface area (Å²) in [5, 5.41) is 13.4. The smallest absolute Gasteiger partial charge is 0.278 e. The van der Waals surface area contributed by atoms with Crippen LogP contribution in [0.5, 0.6) is 11.5 Å². The molecule has 0 aliphatic carbocycles. The summed E-state index contributed by atoms with van der Waals surface area (Å²) in [7, 11) is 3.03. The highest BCUT2D eigenvalue weighted by Crippen LogP contribution is 2.29. The van der Waals surface area contributed by atoms with E-state index in [-0.39, 0.29) is 18.1 Å². The fourth-order valence-electron chi connectivity index (χ4n) is 2.68. The van der Waals surface area contributed by atoms with Gasteiger partial charge in [0.2, 0.25) is 5.91 Å². The lowest BCUT2D eigenvalue weighted by molar-refractivity contribution is -0.117. The van der Waals surface area contributed by atoms with Crippen LogP contribution in [0.1, 0.15) is 16.2 Å². The number of hydrogen-bond donors (Lipinski definition) is 2. The highest BCUT2D eigenvalue weighted by Gasteiger charge is 2.19. The third-order valence-electron chi connectivity index (χ3n) is 4.27. The fraction of sp³-hybridized carbons (Fsp3) is 0.200. The predicted octanol–water partition coefficient (Wildman–Crippen LogP) is 3.26. The van der Waals surface area contributed by atoms with Crippen LogP contribution in [0.15, 0.2) is 46.9 Å². The van der Waals surface area contributed by atoms with Gasteiger partial charge in [-0.2, -0.15) is 0 Å². The number of carbonyl (C=O) groups excluding carboxylic acids is 2. The van der Waals surface area contributed by atoms with E-state index in [1.54, 1.807) is 37.3 Å². The van der Waals surface area contributed by atoms with Crippen LogP contribution in [0, 0.1) is 6.92 Å². The third kappa shape index (κ3) is 4.95. The van der Waals surface area contributed by atoms with Gasteiger partial charge in [0, 0.05) is 16.2 Å². The van der Waals surface area contributed by atoms with E-state index in [0.29, 0.717) is 28.6 Å². The summed E-state index contributed by atoms with van der Waals surface area (Å²) in [4.78, 5) is 25.0. The number of nitrogens with zero attached hydrogens (tertiary/aromatic N) is 3. The number of benzene rings is 2. The maximum Gasteiger partial charge on any atom is 0.278 e. The summed E-state index contributed by atoms with van der Waals surface area (Å²) in [5.74, 6) is 0.282. The molecule has 0 saturated carbocycles. The zero-order valence-corrected chi connectivity index (χ0v) is 18.2. The number of aromatic nitrogens is 3. The molecular weight excluding hydrogens is 454 g/mol. The zero-order chi connectivity index (χ0) is 21.7. The van der Waals surface area contributed by atoms with Gasteiger partial charge >= 0.3 is 0 Å². The first-order valence-corrected chi connectivity index (χ1v) is 9.69. The van der Waals surface area contributed by atoms with Crippen molar-refractivity contribution in [3.63, 3.8) is 0 Å². The number of nitrogens with one attached hydrogen (secondary N) is 2. The van der Waals surface area contributed by atoms with Gasteiger partial charge in [-0.3, -0.25) is 9.59 Å². The lowest BCUT2D eigenvalue weighted by atomic mass is 10.2. The van der Waals surface area contributed by atoms with E-state index in [1.165, 1.54) is 18.9 Å². The summed E-state index contributed by atoms with van der Waals surface area (Å²) < 4.78 is 12.7. The molecule has 0 spiro atoms. The molecule has 0 bridgehead atoms. The van der Waals surface area contributed by atoms with Gasteiger partial charge in [-0.15, -0.1) is 5.10 Å². The predicted molar refractivity (Wildman–Crippen MR) is 115 cm³/mol. The van der Waals surface area contributed by atoms with Crippen LogP contribution in [-0.2, 0) is 11.3 Å². The minimum Gasteiger partial charge on any atom is -0.497 e. The molecule has 1 heterocycles. The van der Waals surface area contributed by atoms with Crippen molar-refractivity contribution in [1.82, 2.24) is 15.0 Å². The molecule has 2 amide bonds. The van der Waals surface area contributed by atoms with Crippen molar-refractivity contribution in [2.75, 3.05) is 24.9 Å². The summed E-state index contributed by atoms with van der Waals surface area (Å²) in [6.45, 7) is 1.59. The van der Waals surface area contributed by atoms with E-state index < -0.39 is 5.91 Å². The van der Waals surface area contributed by atoms with E-state index >= 15 is 0 Å². The topological polar surface area (TPSA) is 107 Å². The molecule has 2 N–H and O–H groups in total. The molecule has 0 aliphatic heterocycles. The quantitative estimate of drug-likeness (QED) is 0.545. The molecule has 3 aromatic rings. The SMILES string of the molecule is COc1ccc(OC)c(NC(=O)c2nnn(CC(=O)Nc3ccc(Br)cc3)c2C)c1. The molecule has 156 valence electrons. The standard InChI is InChI=1S/C20H20BrN5O4/c1-12-19(20(28)23-16-10-15(29-2)8-9-17(16)30-3)24-25-26(12)11-18(27)22-14-6-4-13(21)5-7-14/h4-10H,11H2,1-3H3,(H,22,27)(H,23,28). The zero-order valence-electron chi connectivity index (χ0n) is 16.6. The number of hydrogen-bond acceptors (Lipinski definition) is 6. The summed E-state index contributed by atoms with van der Waals surface area (Å²) in [6.07, 6.45) is 0. The minimum absolute atomic E-state index is 0.0787. The molecule has 3 rings (SSSR count). The van der Waals surface area contributed by atoms with Crippen LogP contribution in [0.4, 0.5) is 11.4 Å². The number of carbonyl (C=O) groups is 2. The van der Waals surface area contributed by atoms with Crippen LogP contribution in [-0.4, -0.2) is 41.0 Å². The van der Waals surface area contributed by atoms with Crippen LogP contribution >= 0.6 is 15.9 Å². The van der Waals surface area contributed by atoms with Crippen molar-refractivity contribution in [2.24, 2.45) is 0 Å². The molecule has 0 fully saturated rings. The van der Waals surface area contributed by atoms with Crippen LogP contribution < -0.4 is 20.1 Å². The Morgan fingerprint density at radius 1 is 1.07 bits per heavy atom. The Hall–Kier alpha value is -3.40. The van der Waals surface area contributed by atoms with E-state index in [1.807, 2.05) is 12.1 Å². The second-order valence-electron chi connectivity index (χ2n) is 6.26. The van der Waals surface area contributed by atoms with E-state index in [9.17, 15) is 9.59 Å². The third-order valence-corrected chi connectivity index (χ3v) is 4.80. The number of amides is 2. The van der Waals surface area contributed by atoms with Crippen LogP contribution in [0.2, 0.25) is 0 Å². The van der Waals surface area contributed by atoms with Crippen LogP contribution in [0.25, 0.3) is 0 Å². The fourth-order valence-corrected chi connectivity index (χ4v) is 2.95. The first-order chi connectivity index (χ1) is 14.4. The monoisotopic (exact) mass is 473 g/mol. The van der Waals surface area contributed by atoms with E-state index in [4.69, 9.17) is 9.47 Å². The number of rotatable bonds is 7. The van der Waals surface area contributed by atoms with E-state index in [0.717, 1.165) is 4.47 Å². The molecule has 10 heteroatoms. The Morgan fingerprint density at radius 3 is 2.47 bits per heavy atom. The molecule has 0 unspecified atom stereocenters. The van der Waals surface area contributed by atoms with Crippen molar-refractivity contribution < 1.29 is 19.1 Å². The summed E-state index contributed by atoms with van der Waals surface area (Å²) >= 11 is 3.34. The maximum atomic E-state index is 12.7. The second-order valence-corrected chi connectivity index (χ2v) is 7.17. The molecular formula is C20H20BrN5O4. The number of methoxy groups -OCH3 is 2. The Bertz CT molecular complexity index is 1070. The average Bonchev–Trinajstić information content (AvgIpc) is 3.09. The summed E-state index contributed by atoms with van der Waals surface area (Å²) in [5.41, 5.74) is 1.66. The number of anilines is 2. The minimum atomic E-state index is -0.473. The Balaban J connectivity index is 1.71. The van der Waals surface area contributed by atoms with E-state index in [2.05, 4.69) is 36.9 Å². The van der Waals surface area contributed by atoms with Gasteiger partial charge in [0.25, 0.3) is 5.91 Å². The molecule has 1 aromatic heterocycles. The highest BCUT2D eigenvalue weighted by atomic mass is 79.9. The first-order valence-electron chi connectivity index (χ1n) is 8.90. The Labute approximate surface area is 181 Å². The maximum absolute atomic E-state index is 12.7. The van der Waals surface area contributed by atoms with Gasteiger partial charge in [-0.1, -0.05) is 21.1 Å². The van der Waals surface area contributed by atoms with Crippen LogP contribution in [0.3, 0.4) is 0 Å². The normalized spacial score (nSPS) is 10.4. The van der Waals surface area contributed by atoms with Gasteiger partial charge in [-0.25, -0.2) is 4.68 Å². The second kappa shape index (κ2) is 9.40. The molecule has 0 atom stereocenters. The van der Waals surface area contributed by atoms with Crippen molar-refractivity contribution in [3.05, 3.63) is 58.3 Å². The Morgan fingerprint density at radius 2 is 1.80 bits per heavy atom. The molecule has 30 heavy (non-hydrogen) atoms. The largest absolute Gasteiger partial charge is 0.497 e. The van der Waals surface area contributed by atoms with Gasteiger partial charge < -0.3 is 20.1 Å². The van der Waals surface area contributed by atoms with Crippen molar-refractivity contribution in [1.29, 1.82) is 0 Å². The number of halogens is 1. The van der Waals surface area contributed by atoms with Crippen molar-refractivity contribution in [3.8, 4) is 11.5 Å². The van der Waals surface area contributed by atoms with Crippen molar-refractivity contribution in [2.45, 2.75) is 13.5 Å². The summed E-state index contributed by atoms with van der Waals surface area (Å²) in [6, 6.07) is 12.2. The average molecular weight is 474 g/mol. The first kappa shape index (κ1) is 21.3. The van der Waals surface area contributed by atoms with Gasteiger partial charge in [0.15, 0.2) is 5.69 Å². The molecule has 0 aliphatic rings. The molecule has 2 aromatic carbocycles. The van der Waals surface area contributed by atoms with Gasteiger partial charge in [0.05, 0.1) is 25.6 Å².